The predicted octanol–water partition coefficient (Wildman–Crippen LogP) is 5.27. The first-order chi connectivity index (χ1) is 12.3. The Labute approximate surface area is 151 Å². The van der Waals surface area contributed by atoms with Gasteiger partial charge in [-0.3, -0.25) is 4.79 Å². The zero-order valence-electron chi connectivity index (χ0n) is 13.5. The van der Waals surface area contributed by atoms with Crippen LogP contribution in [0.25, 0.3) is 11.3 Å². The normalized spacial score (nSPS) is 11.2. The summed E-state index contributed by atoms with van der Waals surface area (Å²) in [6.45, 7) is 1.91. The number of benzene rings is 2. The molecule has 0 aliphatic rings. The number of carbonyl (C=O) groups excluding carboxylic acids is 1. The van der Waals surface area contributed by atoms with E-state index in [2.05, 4.69) is 15.0 Å². The van der Waals surface area contributed by atoms with Crippen molar-refractivity contribution in [3.8, 4) is 17.0 Å². The minimum Gasteiger partial charge on any atom is -0.405 e. The predicted molar refractivity (Wildman–Crippen MR) is 93.4 cm³/mol. The fraction of sp³-hybridized carbons (Fsp3) is 0.111. The van der Waals surface area contributed by atoms with Crippen LogP contribution in [0.3, 0.4) is 0 Å². The molecule has 0 spiro atoms. The molecule has 1 aromatic heterocycles. The van der Waals surface area contributed by atoms with Gasteiger partial charge in [-0.25, -0.2) is 4.98 Å². The van der Waals surface area contributed by atoms with Crippen LogP contribution in [-0.2, 0) is 0 Å². The van der Waals surface area contributed by atoms with Crippen LogP contribution < -0.4 is 10.1 Å². The minimum atomic E-state index is -4.87. The largest absolute Gasteiger partial charge is 0.573 e. The highest BCUT2D eigenvalue weighted by Crippen LogP contribution is 2.27. The third kappa shape index (κ3) is 4.40. The average Bonchev–Trinajstić information content (AvgIpc) is 3.01. The summed E-state index contributed by atoms with van der Waals surface area (Å²) in [7, 11) is 0. The van der Waals surface area contributed by atoms with E-state index in [1.54, 1.807) is 24.3 Å². The van der Waals surface area contributed by atoms with Gasteiger partial charge in [-0.2, -0.15) is 0 Å². The van der Waals surface area contributed by atoms with Gasteiger partial charge in [0.05, 0.1) is 16.3 Å². The van der Waals surface area contributed by atoms with E-state index >= 15 is 0 Å². The topological polar surface area (TPSA) is 51.2 Å². The highest BCUT2D eigenvalue weighted by Gasteiger charge is 2.32. The molecule has 2 aromatic carbocycles. The molecule has 26 heavy (non-hydrogen) atoms. The van der Waals surface area contributed by atoms with Crippen LogP contribution >= 0.6 is 11.3 Å². The molecule has 0 saturated carbocycles. The van der Waals surface area contributed by atoms with Crippen molar-refractivity contribution < 1.29 is 22.7 Å². The summed E-state index contributed by atoms with van der Waals surface area (Å²) in [5.74, 6) is -1.24. The second-order valence-electron chi connectivity index (χ2n) is 5.33. The number of ether oxygens (including phenoxy) is 1. The number of hydrogen-bond acceptors (Lipinski definition) is 4. The minimum absolute atomic E-state index is 0.205. The number of halogens is 3. The zero-order chi connectivity index (χ0) is 18.7. The number of nitrogens with zero attached hydrogens (tertiary/aromatic N) is 1. The van der Waals surface area contributed by atoms with E-state index < -0.39 is 18.0 Å². The van der Waals surface area contributed by atoms with Gasteiger partial charge in [-0.1, -0.05) is 24.3 Å². The standard InChI is InChI=1S/C18H13F3N2O2S/c1-11-22-15(10-26-11)12-6-8-13(9-7-12)23-17(24)14-4-2-3-5-16(14)25-18(19,20)21/h2-10H,1H3,(H,23,24). The van der Waals surface area contributed by atoms with Gasteiger partial charge in [0, 0.05) is 16.6 Å². The Morgan fingerprint density at radius 2 is 1.81 bits per heavy atom. The lowest BCUT2D eigenvalue weighted by Gasteiger charge is -2.13. The lowest BCUT2D eigenvalue weighted by molar-refractivity contribution is -0.274. The van der Waals surface area contributed by atoms with Crippen molar-refractivity contribution in [2.45, 2.75) is 13.3 Å². The number of alkyl halides is 3. The number of nitrogens with one attached hydrogen (secondary N) is 1. The Bertz CT molecular complexity index is 921. The van der Waals surface area contributed by atoms with Crippen molar-refractivity contribution >= 4 is 22.9 Å². The molecule has 0 radical (unpaired) electrons. The van der Waals surface area contributed by atoms with Gasteiger partial charge in [-0.15, -0.1) is 24.5 Å². The molecule has 3 rings (SSSR count). The van der Waals surface area contributed by atoms with Crippen molar-refractivity contribution in [2.24, 2.45) is 0 Å². The van der Waals surface area contributed by atoms with Crippen LogP contribution in [-0.4, -0.2) is 17.3 Å². The molecular formula is C18H13F3N2O2S. The number of carbonyl (C=O) groups is 1. The maximum atomic E-state index is 12.5. The quantitative estimate of drug-likeness (QED) is 0.673. The molecule has 0 saturated heterocycles. The fourth-order valence-electron chi connectivity index (χ4n) is 2.29. The third-order valence-corrected chi connectivity index (χ3v) is 4.19. The van der Waals surface area contributed by atoms with E-state index in [0.717, 1.165) is 22.3 Å². The Morgan fingerprint density at radius 3 is 2.42 bits per heavy atom. The zero-order valence-corrected chi connectivity index (χ0v) is 14.3. The van der Waals surface area contributed by atoms with E-state index in [-0.39, 0.29) is 5.56 Å². The first kappa shape index (κ1) is 17.9. The van der Waals surface area contributed by atoms with Crippen molar-refractivity contribution in [1.29, 1.82) is 0 Å². The molecule has 1 N–H and O–H groups in total. The monoisotopic (exact) mass is 378 g/mol. The number of amides is 1. The number of hydrogen-bond donors (Lipinski definition) is 1. The highest BCUT2D eigenvalue weighted by atomic mass is 32.1. The molecule has 134 valence electrons. The number of rotatable bonds is 4. The molecule has 3 aromatic rings. The van der Waals surface area contributed by atoms with Gasteiger partial charge in [0.2, 0.25) is 0 Å². The Morgan fingerprint density at radius 1 is 1.12 bits per heavy atom. The third-order valence-electron chi connectivity index (χ3n) is 3.41. The molecule has 0 aliphatic carbocycles. The van der Waals surface area contributed by atoms with Crippen LogP contribution in [0.2, 0.25) is 0 Å². The highest BCUT2D eigenvalue weighted by molar-refractivity contribution is 7.09. The van der Waals surface area contributed by atoms with Crippen molar-refractivity contribution in [1.82, 2.24) is 4.98 Å². The molecule has 8 heteroatoms. The van der Waals surface area contributed by atoms with Crippen LogP contribution in [0.15, 0.2) is 53.9 Å². The van der Waals surface area contributed by atoms with E-state index in [1.165, 1.54) is 29.5 Å². The maximum Gasteiger partial charge on any atom is 0.573 e. The second-order valence-corrected chi connectivity index (χ2v) is 6.39. The van der Waals surface area contributed by atoms with Gasteiger partial charge < -0.3 is 10.1 Å². The molecule has 1 amide bonds. The summed E-state index contributed by atoms with van der Waals surface area (Å²) in [5, 5.41) is 5.43. The second kappa shape index (κ2) is 7.17. The Hall–Kier alpha value is -2.87. The summed E-state index contributed by atoms with van der Waals surface area (Å²) in [6.07, 6.45) is -4.87. The number of thiazole rings is 1. The first-order valence-electron chi connectivity index (χ1n) is 7.50. The van der Waals surface area contributed by atoms with Crippen molar-refractivity contribution in [3.05, 3.63) is 64.5 Å². The lowest BCUT2D eigenvalue weighted by atomic mass is 10.1. The van der Waals surface area contributed by atoms with Crippen LogP contribution in [0, 0.1) is 6.92 Å². The van der Waals surface area contributed by atoms with Crippen LogP contribution in [0.1, 0.15) is 15.4 Å². The molecule has 0 bridgehead atoms. The summed E-state index contributed by atoms with van der Waals surface area (Å²) in [5.41, 5.74) is 1.96. The Balaban J connectivity index is 1.76. The van der Waals surface area contributed by atoms with E-state index in [0.29, 0.717) is 5.69 Å². The maximum absolute atomic E-state index is 12.5. The van der Waals surface area contributed by atoms with Gasteiger partial charge in [0.15, 0.2) is 0 Å². The fourth-order valence-corrected chi connectivity index (χ4v) is 2.91. The number of anilines is 1. The Kier molecular flexibility index (Phi) is 4.94. The number of aryl methyl sites for hydroxylation is 1. The van der Waals surface area contributed by atoms with Gasteiger partial charge in [-0.05, 0) is 31.2 Å². The summed E-state index contributed by atoms with van der Waals surface area (Å²) in [4.78, 5) is 16.7. The molecule has 0 aliphatic heterocycles. The summed E-state index contributed by atoms with van der Waals surface area (Å²) >= 11 is 1.53. The average molecular weight is 378 g/mol. The summed E-state index contributed by atoms with van der Waals surface area (Å²) in [6, 6.07) is 12.1. The van der Waals surface area contributed by atoms with Crippen LogP contribution in [0.5, 0.6) is 5.75 Å². The SMILES string of the molecule is Cc1nc(-c2ccc(NC(=O)c3ccccc3OC(F)(F)F)cc2)cs1. The van der Waals surface area contributed by atoms with Gasteiger partial charge in [0.25, 0.3) is 5.91 Å². The molecule has 0 unspecified atom stereocenters. The van der Waals surface area contributed by atoms with E-state index in [4.69, 9.17) is 0 Å². The molecular weight excluding hydrogens is 365 g/mol. The molecule has 0 atom stereocenters. The summed E-state index contributed by atoms with van der Waals surface area (Å²) < 4.78 is 41.3. The van der Waals surface area contributed by atoms with Crippen molar-refractivity contribution in [3.63, 3.8) is 0 Å². The smallest absolute Gasteiger partial charge is 0.405 e. The molecule has 1 heterocycles. The number of para-hydroxylation sites is 1. The van der Waals surface area contributed by atoms with E-state index in [1.807, 2.05) is 12.3 Å². The molecule has 4 nitrogen and oxygen atoms in total. The van der Waals surface area contributed by atoms with Crippen molar-refractivity contribution in [2.75, 3.05) is 5.32 Å². The lowest BCUT2D eigenvalue weighted by Crippen LogP contribution is -2.20. The number of aromatic nitrogens is 1. The van der Waals surface area contributed by atoms with Gasteiger partial charge >= 0.3 is 6.36 Å². The molecule has 0 fully saturated rings. The van der Waals surface area contributed by atoms with Gasteiger partial charge in [0.1, 0.15) is 5.75 Å². The first-order valence-corrected chi connectivity index (χ1v) is 8.38. The van der Waals surface area contributed by atoms with E-state index in [9.17, 15) is 18.0 Å². The van der Waals surface area contributed by atoms with Crippen LogP contribution in [0.4, 0.5) is 18.9 Å².